The van der Waals surface area contributed by atoms with E-state index in [1.165, 1.54) is 25.8 Å². The van der Waals surface area contributed by atoms with Crippen molar-refractivity contribution in [3.05, 3.63) is 0 Å². The topological polar surface area (TPSA) is 58.4 Å². The Bertz CT molecular complexity index is 289. The number of amides is 1. The number of rotatable bonds is 6. The zero-order chi connectivity index (χ0) is 13.0. The van der Waals surface area contributed by atoms with Crippen molar-refractivity contribution in [2.75, 3.05) is 26.2 Å². The Kier molecular flexibility index (Phi) is 4.62. The minimum Gasteiger partial charge on any atom is -0.356 e. The molecule has 1 unspecified atom stereocenters. The van der Waals surface area contributed by atoms with Crippen LogP contribution in [0.3, 0.4) is 0 Å². The molecule has 0 aromatic heterocycles. The third-order valence-electron chi connectivity index (χ3n) is 4.57. The average molecular weight is 253 g/mol. The van der Waals surface area contributed by atoms with Crippen LogP contribution in [0.25, 0.3) is 0 Å². The third kappa shape index (κ3) is 3.23. The van der Waals surface area contributed by atoms with Crippen molar-refractivity contribution in [3.63, 3.8) is 0 Å². The van der Waals surface area contributed by atoms with E-state index >= 15 is 0 Å². The highest BCUT2D eigenvalue weighted by Gasteiger charge is 2.48. The van der Waals surface area contributed by atoms with Gasteiger partial charge in [0.05, 0.1) is 5.41 Å². The molecule has 1 saturated heterocycles. The third-order valence-corrected chi connectivity index (χ3v) is 4.57. The van der Waals surface area contributed by atoms with Gasteiger partial charge in [0.1, 0.15) is 0 Å². The van der Waals surface area contributed by atoms with E-state index < -0.39 is 0 Å². The number of hydrogen-bond acceptors (Lipinski definition) is 3. The van der Waals surface area contributed by atoms with E-state index in [4.69, 9.17) is 5.73 Å². The molecule has 2 fully saturated rings. The number of carbonyl (C=O) groups is 1. The molecule has 3 N–H and O–H groups in total. The van der Waals surface area contributed by atoms with Gasteiger partial charge in [0.25, 0.3) is 0 Å². The fraction of sp³-hybridized carbons (Fsp3) is 0.929. The van der Waals surface area contributed by atoms with Crippen molar-refractivity contribution in [1.82, 2.24) is 10.2 Å². The molecule has 1 amide bonds. The van der Waals surface area contributed by atoms with Crippen LogP contribution in [0.5, 0.6) is 0 Å². The van der Waals surface area contributed by atoms with Gasteiger partial charge >= 0.3 is 0 Å². The van der Waals surface area contributed by atoms with Gasteiger partial charge in [-0.2, -0.15) is 0 Å². The Morgan fingerprint density at radius 2 is 2.22 bits per heavy atom. The fourth-order valence-electron chi connectivity index (χ4n) is 2.84. The van der Waals surface area contributed by atoms with Gasteiger partial charge in [-0.1, -0.05) is 6.42 Å². The lowest BCUT2D eigenvalue weighted by atomic mass is 10.0. The summed E-state index contributed by atoms with van der Waals surface area (Å²) in [7, 11) is 0. The second-order valence-electron chi connectivity index (χ2n) is 5.97. The minimum atomic E-state index is -0.196. The summed E-state index contributed by atoms with van der Waals surface area (Å²) in [6.07, 6.45) is 7.01. The van der Waals surface area contributed by atoms with Crippen molar-refractivity contribution in [1.29, 1.82) is 0 Å². The molecule has 104 valence electrons. The van der Waals surface area contributed by atoms with Crippen LogP contribution < -0.4 is 11.1 Å². The number of hydrogen-bond donors (Lipinski definition) is 2. The Labute approximate surface area is 110 Å². The highest BCUT2D eigenvalue weighted by molar-refractivity contribution is 5.85. The van der Waals surface area contributed by atoms with Gasteiger partial charge in [0.2, 0.25) is 5.91 Å². The standard InChI is InChI=1S/C14H27N3O/c1-12-5-2-3-9-17(12)10-4-8-16-13(18)14(11-15)6-7-14/h12H,2-11,15H2,1H3,(H,16,18). The summed E-state index contributed by atoms with van der Waals surface area (Å²) in [5, 5.41) is 3.05. The first-order valence-corrected chi connectivity index (χ1v) is 7.40. The first kappa shape index (κ1) is 13.8. The van der Waals surface area contributed by atoms with E-state index in [0.717, 1.165) is 32.4 Å². The largest absolute Gasteiger partial charge is 0.356 e. The van der Waals surface area contributed by atoms with E-state index in [1.807, 2.05) is 0 Å². The quantitative estimate of drug-likeness (QED) is 0.697. The summed E-state index contributed by atoms with van der Waals surface area (Å²) in [4.78, 5) is 14.4. The second kappa shape index (κ2) is 6.02. The second-order valence-corrected chi connectivity index (χ2v) is 5.97. The molecule has 0 spiro atoms. The predicted octanol–water partition coefficient (Wildman–Crippen LogP) is 1.11. The molecule has 1 heterocycles. The lowest BCUT2D eigenvalue weighted by Crippen LogP contribution is -2.41. The van der Waals surface area contributed by atoms with E-state index in [9.17, 15) is 4.79 Å². The first-order chi connectivity index (χ1) is 8.68. The first-order valence-electron chi connectivity index (χ1n) is 7.40. The van der Waals surface area contributed by atoms with Crippen LogP contribution in [-0.2, 0) is 4.79 Å². The molecule has 0 radical (unpaired) electrons. The maximum absolute atomic E-state index is 11.9. The highest BCUT2D eigenvalue weighted by Crippen LogP contribution is 2.44. The van der Waals surface area contributed by atoms with E-state index in [0.29, 0.717) is 12.6 Å². The van der Waals surface area contributed by atoms with Crippen molar-refractivity contribution in [2.24, 2.45) is 11.1 Å². The number of nitrogens with two attached hydrogens (primary N) is 1. The number of likely N-dealkylation sites (tertiary alicyclic amines) is 1. The van der Waals surface area contributed by atoms with Crippen LogP contribution in [0.2, 0.25) is 0 Å². The number of nitrogens with zero attached hydrogens (tertiary/aromatic N) is 1. The molecule has 0 aromatic carbocycles. The van der Waals surface area contributed by atoms with Gasteiger partial charge < -0.3 is 16.0 Å². The van der Waals surface area contributed by atoms with Crippen LogP contribution >= 0.6 is 0 Å². The van der Waals surface area contributed by atoms with Crippen LogP contribution in [0.4, 0.5) is 0 Å². The summed E-state index contributed by atoms with van der Waals surface area (Å²) < 4.78 is 0. The van der Waals surface area contributed by atoms with Crippen molar-refractivity contribution >= 4 is 5.91 Å². The fourth-order valence-corrected chi connectivity index (χ4v) is 2.84. The monoisotopic (exact) mass is 253 g/mol. The molecular formula is C14H27N3O. The Morgan fingerprint density at radius 3 is 2.83 bits per heavy atom. The van der Waals surface area contributed by atoms with Crippen LogP contribution in [0.1, 0.15) is 45.4 Å². The molecule has 1 aliphatic carbocycles. The van der Waals surface area contributed by atoms with Crippen LogP contribution in [0.15, 0.2) is 0 Å². The minimum absolute atomic E-state index is 0.177. The van der Waals surface area contributed by atoms with E-state index in [-0.39, 0.29) is 11.3 Å². The predicted molar refractivity (Wildman–Crippen MR) is 73.2 cm³/mol. The summed E-state index contributed by atoms with van der Waals surface area (Å²) in [6, 6.07) is 0.716. The number of nitrogens with one attached hydrogen (secondary N) is 1. The molecular weight excluding hydrogens is 226 g/mol. The zero-order valence-electron chi connectivity index (χ0n) is 11.6. The summed E-state index contributed by atoms with van der Waals surface area (Å²) in [5.41, 5.74) is 5.44. The molecule has 2 rings (SSSR count). The SMILES string of the molecule is CC1CCCCN1CCCNC(=O)C1(CN)CC1. The van der Waals surface area contributed by atoms with Gasteiger partial charge in [-0.25, -0.2) is 0 Å². The summed E-state index contributed by atoms with van der Waals surface area (Å²) >= 11 is 0. The van der Waals surface area contributed by atoms with Gasteiger partial charge in [-0.3, -0.25) is 4.79 Å². The van der Waals surface area contributed by atoms with Gasteiger partial charge in [-0.05, 0) is 45.6 Å². The van der Waals surface area contributed by atoms with Crippen LogP contribution in [0, 0.1) is 5.41 Å². The maximum atomic E-state index is 11.9. The van der Waals surface area contributed by atoms with E-state index in [1.54, 1.807) is 0 Å². The molecule has 1 saturated carbocycles. The van der Waals surface area contributed by atoms with E-state index in [2.05, 4.69) is 17.1 Å². The molecule has 0 aromatic rings. The Balaban J connectivity index is 1.59. The molecule has 4 heteroatoms. The molecule has 18 heavy (non-hydrogen) atoms. The molecule has 0 bridgehead atoms. The van der Waals surface area contributed by atoms with Gasteiger partial charge in [0, 0.05) is 25.7 Å². The maximum Gasteiger partial charge on any atom is 0.227 e. The lowest BCUT2D eigenvalue weighted by Gasteiger charge is -2.33. The normalized spacial score (nSPS) is 26.9. The molecule has 2 aliphatic rings. The van der Waals surface area contributed by atoms with Gasteiger partial charge in [0.15, 0.2) is 0 Å². The summed E-state index contributed by atoms with van der Waals surface area (Å²) in [5.74, 6) is 0.177. The zero-order valence-corrected chi connectivity index (χ0v) is 11.6. The average Bonchev–Trinajstić information content (AvgIpc) is 3.17. The Hall–Kier alpha value is -0.610. The summed E-state index contributed by atoms with van der Waals surface area (Å²) in [6.45, 7) is 5.94. The number of carbonyl (C=O) groups excluding carboxylic acids is 1. The van der Waals surface area contributed by atoms with Crippen molar-refractivity contribution < 1.29 is 4.79 Å². The molecule has 1 atom stereocenters. The molecule has 4 nitrogen and oxygen atoms in total. The van der Waals surface area contributed by atoms with Crippen molar-refractivity contribution in [3.8, 4) is 0 Å². The lowest BCUT2D eigenvalue weighted by molar-refractivity contribution is -0.126. The van der Waals surface area contributed by atoms with Gasteiger partial charge in [-0.15, -0.1) is 0 Å². The number of piperidine rings is 1. The van der Waals surface area contributed by atoms with Crippen LogP contribution in [-0.4, -0.2) is 43.0 Å². The smallest absolute Gasteiger partial charge is 0.227 e. The Morgan fingerprint density at radius 1 is 1.44 bits per heavy atom. The molecule has 1 aliphatic heterocycles. The van der Waals surface area contributed by atoms with Crippen molar-refractivity contribution in [2.45, 2.75) is 51.5 Å². The highest BCUT2D eigenvalue weighted by atomic mass is 16.2.